The molecule has 0 aliphatic heterocycles. The second-order valence-corrected chi connectivity index (χ2v) is 2.49. The average molecular weight is 178 g/mol. The van der Waals surface area contributed by atoms with Crippen LogP contribution in [0.5, 0.6) is 0 Å². The van der Waals surface area contributed by atoms with Crippen molar-refractivity contribution >= 4 is 11.1 Å². The van der Waals surface area contributed by atoms with E-state index in [2.05, 4.69) is 0 Å². The van der Waals surface area contributed by atoms with Crippen molar-refractivity contribution in [1.29, 1.82) is 0 Å². The third-order valence-electron chi connectivity index (χ3n) is 0.724. The van der Waals surface area contributed by atoms with Gasteiger partial charge in [0, 0.05) is 0 Å². The molecule has 0 spiro atoms. The number of hydrogen-bond acceptors (Lipinski definition) is 2. The molecule has 0 saturated carbocycles. The molecule has 0 amide bonds. The summed E-state index contributed by atoms with van der Waals surface area (Å²) in [5.74, 6) is 0. The predicted molar refractivity (Wildman–Crippen MR) is 28.7 cm³/mol. The maximum atomic E-state index is 11.9. The monoisotopic (exact) mass is 178 g/mol. The molecule has 2 nitrogen and oxygen atoms in total. The van der Waals surface area contributed by atoms with E-state index in [1.165, 1.54) is 0 Å². The number of hydrogen-bond donors (Lipinski definition) is 0. The molecule has 0 fully saturated rings. The van der Waals surface area contributed by atoms with E-state index in [-0.39, 0.29) is 57.8 Å². The first-order chi connectivity index (χ1) is 3.68. The van der Waals surface area contributed by atoms with E-state index in [1.807, 2.05) is 0 Å². The molecule has 0 aliphatic rings. The Morgan fingerprint density at radius 3 is 2.33 bits per heavy atom. The third kappa shape index (κ3) is 7.57. The molecule has 0 N–H and O–H groups in total. The van der Waals surface area contributed by atoms with E-state index in [1.54, 1.807) is 6.92 Å². The van der Waals surface area contributed by atoms with Gasteiger partial charge in [-0.25, -0.2) is 4.39 Å². The molecule has 0 radical (unpaired) electrons. The Bertz CT molecular complexity index is 90.6. The molecule has 0 heterocycles. The zero-order valence-electron chi connectivity index (χ0n) is 5.59. The number of rotatable bonds is 3. The van der Waals surface area contributed by atoms with Gasteiger partial charge in [0.15, 0.2) is 5.50 Å². The molecule has 9 heavy (non-hydrogen) atoms. The van der Waals surface area contributed by atoms with E-state index in [0.717, 1.165) is 0 Å². The fourth-order valence-electron chi connectivity index (χ4n) is 0.323. The third-order valence-corrected chi connectivity index (χ3v) is 1.38. The van der Waals surface area contributed by atoms with Crippen LogP contribution < -0.4 is 51.4 Å². The van der Waals surface area contributed by atoms with Crippen LogP contribution >= 0.6 is 0 Å². The molecule has 0 bridgehead atoms. The van der Waals surface area contributed by atoms with Gasteiger partial charge < -0.3 is 4.55 Å². The van der Waals surface area contributed by atoms with Gasteiger partial charge in [-0.05, 0) is 17.5 Å². The predicted octanol–water partition coefficient (Wildman–Crippen LogP) is -2.03. The standard InChI is InChI=1S/C4H9FO2S.K/c1-2-3-4(5)8(6)7;/h4H,2-3H2,1H3,(H,6,7);/q;+1/p-1. The minimum atomic E-state index is -2.53. The fraction of sp³-hybridized carbons (Fsp3) is 1.00. The summed E-state index contributed by atoms with van der Waals surface area (Å²) >= 11 is -2.53. The van der Waals surface area contributed by atoms with Gasteiger partial charge in [0.05, 0.1) is 0 Å². The first kappa shape index (κ1) is 13.3. The van der Waals surface area contributed by atoms with Gasteiger partial charge in [0.2, 0.25) is 0 Å². The zero-order chi connectivity index (χ0) is 6.57. The van der Waals surface area contributed by atoms with E-state index in [4.69, 9.17) is 0 Å². The first-order valence-corrected chi connectivity index (χ1v) is 3.54. The van der Waals surface area contributed by atoms with Crippen LogP contribution in [-0.2, 0) is 11.1 Å². The Balaban J connectivity index is 0. The minimum Gasteiger partial charge on any atom is -0.770 e. The summed E-state index contributed by atoms with van der Waals surface area (Å²) < 4.78 is 31.3. The summed E-state index contributed by atoms with van der Waals surface area (Å²) in [5.41, 5.74) is -1.67. The van der Waals surface area contributed by atoms with Crippen molar-refractivity contribution in [2.75, 3.05) is 0 Å². The van der Waals surface area contributed by atoms with Crippen LogP contribution in [0.4, 0.5) is 4.39 Å². The van der Waals surface area contributed by atoms with E-state index in [0.29, 0.717) is 6.42 Å². The van der Waals surface area contributed by atoms with Crippen LogP contribution in [0.25, 0.3) is 0 Å². The Kier molecular flexibility index (Phi) is 11.5. The molecule has 0 aliphatic carbocycles. The molecule has 2 atom stereocenters. The zero-order valence-corrected chi connectivity index (χ0v) is 9.53. The van der Waals surface area contributed by atoms with Crippen molar-refractivity contribution in [2.24, 2.45) is 0 Å². The molecule has 5 heteroatoms. The summed E-state index contributed by atoms with van der Waals surface area (Å²) in [7, 11) is 0. The van der Waals surface area contributed by atoms with Crippen LogP contribution in [0, 0.1) is 0 Å². The van der Waals surface area contributed by atoms with E-state index >= 15 is 0 Å². The number of halogens is 1. The smallest absolute Gasteiger partial charge is 0.770 e. The number of alkyl halides is 1. The van der Waals surface area contributed by atoms with Crippen LogP contribution in [0.3, 0.4) is 0 Å². The van der Waals surface area contributed by atoms with Crippen molar-refractivity contribution in [3.8, 4) is 0 Å². The van der Waals surface area contributed by atoms with Gasteiger partial charge in [0.25, 0.3) is 0 Å². The van der Waals surface area contributed by atoms with Gasteiger partial charge in [-0.3, -0.25) is 4.21 Å². The molecule has 0 rings (SSSR count). The maximum absolute atomic E-state index is 11.9. The summed E-state index contributed by atoms with van der Waals surface area (Å²) in [6.07, 6.45) is 0.672. The first-order valence-electron chi connectivity index (χ1n) is 2.40. The molecule has 0 saturated heterocycles. The topological polar surface area (TPSA) is 40.1 Å². The average Bonchev–Trinajstić information content (AvgIpc) is 1.67. The second kappa shape index (κ2) is 7.78. The molecule has 50 valence electrons. The Morgan fingerprint density at radius 2 is 2.22 bits per heavy atom. The van der Waals surface area contributed by atoms with Crippen molar-refractivity contribution in [3.63, 3.8) is 0 Å². The van der Waals surface area contributed by atoms with Crippen molar-refractivity contribution in [3.05, 3.63) is 0 Å². The second-order valence-electron chi connectivity index (χ2n) is 1.46. The molecule has 0 aromatic heterocycles. The fourth-order valence-corrected chi connectivity index (χ4v) is 0.751. The van der Waals surface area contributed by atoms with Crippen molar-refractivity contribution in [2.45, 2.75) is 25.3 Å². The summed E-state index contributed by atoms with van der Waals surface area (Å²) in [6.45, 7) is 1.74. The van der Waals surface area contributed by atoms with Crippen LogP contribution in [0.1, 0.15) is 19.8 Å². The summed E-state index contributed by atoms with van der Waals surface area (Å²) in [6, 6.07) is 0. The van der Waals surface area contributed by atoms with E-state index < -0.39 is 16.6 Å². The SMILES string of the molecule is CCCC(F)S(=O)[O-].[K+]. The Labute approximate surface area is 99.3 Å². The molecular formula is C4H8FKO2S. The maximum Gasteiger partial charge on any atom is 1.00 e. The van der Waals surface area contributed by atoms with Gasteiger partial charge in [-0.15, -0.1) is 0 Å². The largest absolute Gasteiger partial charge is 1.00 e. The molecular weight excluding hydrogens is 170 g/mol. The van der Waals surface area contributed by atoms with Crippen LogP contribution in [0.2, 0.25) is 0 Å². The summed E-state index contributed by atoms with van der Waals surface area (Å²) in [4.78, 5) is 0. The minimum absolute atomic E-state index is 0. The Morgan fingerprint density at radius 1 is 1.78 bits per heavy atom. The molecule has 2 unspecified atom stereocenters. The van der Waals surface area contributed by atoms with Crippen molar-refractivity contribution < 1.29 is 64.5 Å². The normalized spacial score (nSPS) is 15.9. The van der Waals surface area contributed by atoms with Gasteiger partial charge in [-0.2, -0.15) is 0 Å². The van der Waals surface area contributed by atoms with Gasteiger partial charge in [0.1, 0.15) is 0 Å². The van der Waals surface area contributed by atoms with Gasteiger partial charge >= 0.3 is 51.4 Å². The molecule has 0 aromatic carbocycles. The van der Waals surface area contributed by atoms with Gasteiger partial charge in [-0.1, -0.05) is 13.3 Å². The molecule has 0 aromatic rings. The Hall–Kier alpha value is 1.68. The quantitative estimate of drug-likeness (QED) is 0.369. The van der Waals surface area contributed by atoms with E-state index in [9.17, 15) is 13.2 Å². The summed E-state index contributed by atoms with van der Waals surface area (Å²) in [5, 5.41) is 0. The van der Waals surface area contributed by atoms with Crippen LogP contribution in [-0.4, -0.2) is 14.3 Å². The van der Waals surface area contributed by atoms with Crippen LogP contribution in [0.15, 0.2) is 0 Å². The van der Waals surface area contributed by atoms with Crippen molar-refractivity contribution in [1.82, 2.24) is 0 Å².